The van der Waals surface area contributed by atoms with Crippen molar-refractivity contribution in [3.05, 3.63) is 71.2 Å². The van der Waals surface area contributed by atoms with Crippen molar-refractivity contribution in [2.45, 2.75) is 25.6 Å². The molecule has 0 aliphatic carbocycles. The van der Waals surface area contributed by atoms with Gasteiger partial charge in [-0.3, -0.25) is 4.98 Å². The van der Waals surface area contributed by atoms with Crippen LogP contribution in [0.3, 0.4) is 0 Å². The predicted octanol–water partition coefficient (Wildman–Crippen LogP) is 2.56. The van der Waals surface area contributed by atoms with Crippen molar-refractivity contribution >= 4 is 5.71 Å². The second-order valence-electron chi connectivity index (χ2n) is 5.60. The standard InChI is InChI=1S/C16H17N3O2/c1-16(2)14(12-7-4-3-5-8-12)18(20)15(19(16)21)13-9-6-10-17-11-13/h3-11,15,21H,1-2H3. The fraction of sp³-hybridized carbons (Fsp3) is 0.250. The first-order valence-electron chi connectivity index (χ1n) is 6.81. The zero-order valence-electron chi connectivity index (χ0n) is 12.0. The molecular weight excluding hydrogens is 266 g/mol. The lowest BCUT2D eigenvalue weighted by Crippen LogP contribution is -2.44. The summed E-state index contributed by atoms with van der Waals surface area (Å²) in [5, 5.41) is 24.4. The van der Waals surface area contributed by atoms with Gasteiger partial charge in [0.05, 0.1) is 5.56 Å². The summed E-state index contributed by atoms with van der Waals surface area (Å²) in [6.45, 7) is 3.66. The molecule has 0 bridgehead atoms. The topological polar surface area (TPSA) is 62.4 Å². The van der Waals surface area contributed by atoms with Gasteiger partial charge in [0.15, 0.2) is 0 Å². The number of pyridine rings is 1. The molecule has 3 rings (SSSR count). The molecule has 5 nitrogen and oxygen atoms in total. The van der Waals surface area contributed by atoms with Gasteiger partial charge in [-0.05, 0) is 38.1 Å². The van der Waals surface area contributed by atoms with Crippen LogP contribution in [-0.4, -0.2) is 31.2 Å². The summed E-state index contributed by atoms with van der Waals surface area (Å²) in [5.41, 5.74) is 1.22. The Morgan fingerprint density at radius 3 is 2.52 bits per heavy atom. The first kappa shape index (κ1) is 13.7. The van der Waals surface area contributed by atoms with Crippen molar-refractivity contribution in [1.82, 2.24) is 10.0 Å². The fourth-order valence-electron chi connectivity index (χ4n) is 2.79. The van der Waals surface area contributed by atoms with E-state index < -0.39 is 11.7 Å². The van der Waals surface area contributed by atoms with E-state index in [1.807, 2.05) is 44.2 Å². The molecule has 2 aromatic rings. The minimum Gasteiger partial charge on any atom is -0.622 e. The molecular formula is C16H17N3O2. The average Bonchev–Trinajstić information content (AvgIpc) is 2.67. The Bertz CT molecular complexity index is 668. The highest BCUT2D eigenvalue weighted by Crippen LogP contribution is 2.36. The molecule has 21 heavy (non-hydrogen) atoms. The molecule has 0 saturated heterocycles. The number of rotatable bonds is 2. The van der Waals surface area contributed by atoms with E-state index in [-0.39, 0.29) is 0 Å². The lowest BCUT2D eigenvalue weighted by Gasteiger charge is -2.25. The van der Waals surface area contributed by atoms with Crippen molar-refractivity contribution in [3.8, 4) is 0 Å². The molecule has 108 valence electrons. The Morgan fingerprint density at radius 1 is 1.19 bits per heavy atom. The quantitative estimate of drug-likeness (QED) is 0.679. The van der Waals surface area contributed by atoms with Crippen LogP contribution in [0.15, 0.2) is 54.9 Å². The van der Waals surface area contributed by atoms with E-state index in [4.69, 9.17) is 0 Å². The van der Waals surface area contributed by atoms with Crippen molar-refractivity contribution < 1.29 is 9.95 Å². The maximum Gasteiger partial charge on any atom is 0.269 e. The average molecular weight is 283 g/mol. The number of hydrogen-bond acceptors (Lipinski definition) is 4. The van der Waals surface area contributed by atoms with Crippen LogP contribution in [-0.2, 0) is 0 Å². The summed E-state index contributed by atoms with van der Waals surface area (Å²) in [4.78, 5) is 4.03. The lowest BCUT2D eigenvalue weighted by molar-refractivity contribution is -0.544. The van der Waals surface area contributed by atoms with E-state index in [2.05, 4.69) is 4.98 Å². The lowest BCUT2D eigenvalue weighted by atomic mass is 9.93. The molecule has 5 heteroatoms. The van der Waals surface area contributed by atoms with Gasteiger partial charge in [-0.2, -0.15) is 4.74 Å². The van der Waals surface area contributed by atoms with Crippen LogP contribution < -0.4 is 0 Å². The van der Waals surface area contributed by atoms with Gasteiger partial charge in [0.2, 0.25) is 5.71 Å². The van der Waals surface area contributed by atoms with Gasteiger partial charge in [0.25, 0.3) is 6.17 Å². The highest BCUT2D eigenvalue weighted by molar-refractivity contribution is 6.04. The second kappa shape index (κ2) is 4.95. The van der Waals surface area contributed by atoms with Crippen LogP contribution in [0, 0.1) is 5.21 Å². The van der Waals surface area contributed by atoms with Crippen LogP contribution in [0.5, 0.6) is 0 Å². The maximum absolute atomic E-state index is 12.8. The molecule has 1 atom stereocenters. The summed E-state index contributed by atoms with van der Waals surface area (Å²) < 4.78 is 0.867. The smallest absolute Gasteiger partial charge is 0.269 e. The van der Waals surface area contributed by atoms with Crippen LogP contribution in [0.25, 0.3) is 0 Å². The van der Waals surface area contributed by atoms with Crippen LogP contribution >= 0.6 is 0 Å². The number of benzene rings is 1. The molecule has 1 aromatic carbocycles. The molecule has 2 heterocycles. The van der Waals surface area contributed by atoms with Gasteiger partial charge in [0.1, 0.15) is 5.54 Å². The molecule has 1 N–H and O–H groups in total. The number of hydroxylamine groups is 3. The normalized spacial score (nSPS) is 21.8. The molecule has 0 saturated carbocycles. The molecule has 1 aromatic heterocycles. The minimum absolute atomic E-state index is 0.541. The number of hydrogen-bond donors (Lipinski definition) is 1. The SMILES string of the molecule is CC1(C)C(c2ccccc2)=[N+]([O-])C(c2cccnc2)N1O. The maximum atomic E-state index is 12.8. The predicted molar refractivity (Wildman–Crippen MR) is 78.9 cm³/mol. The van der Waals surface area contributed by atoms with E-state index in [0.717, 1.165) is 15.4 Å². The summed E-state index contributed by atoms with van der Waals surface area (Å²) in [6.07, 6.45) is 2.45. The van der Waals surface area contributed by atoms with Gasteiger partial charge in [-0.1, -0.05) is 18.2 Å². The molecule has 1 unspecified atom stereocenters. The molecule has 0 fully saturated rings. The Hall–Kier alpha value is -2.24. The molecule has 0 radical (unpaired) electrons. The zero-order valence-corrected chi connectivity index (χ0v) is 12.0. The van der Waals surface area contributed by atoms with Gasteiger partial charge in [-0.15, -0.1) is 5.06 Å². The largest absolute Gasteiger partial charge is 0.622 e. The Morgan fingerprint density at radius 2 is 1.90 bits per heavy atom. The summed E-state index contributed by atoms with van der Waals surface area (Å²) >= 11 is 0. The van der Waals surface area contributed by atoms with Crippen molar-refractivity contribution in [2.24, 2.45) is 0 Å². The van der Waals surface area contributed by atoms with E-state index in [1.54, 1.807) is 24.5 Å². The van der Waals surface area contributed by atoms with Crippen molar-refractivity contribution in [3.63, 3.8) is 0 Å². The monoisotopic (exact) mass is 283 g/mol. The van der Waals surface area contributed by atoms with Crippen LogP contribution in [0.4, 0.5) is 0 Å². The van der Waals surface area contributed by atoms with Crippen molar-refractivity contribution in [1.29, 1.82) is 0 Å². The van der Waals surface area contributed by atoms with E-state index in [0.29, 0.717) is 11.3 Å². The minimum atomic E-state index is -0.788. The summed E-state index contributed by atoms with van der Waals surface area (Å²) in [7, 11) is 0. The fourth-order valence-corrected chi connectivity index (χ4v) is 2.79. The van der Waals surface area contributed by atoms with Gasteiger partial charge in [-0.25, -0.2) is 0 Å². The third-order valence-electron chi connectivity index (χ3n) is 3.86. The van der Waals surface area contributed by atoms with Gasteiger partial charge >= 0.3 is 0 Å². The summed E-state index contributed by atoms with van der Waals surface area (Å²) in [6, 6.07) is 13.0. The van der Waals surface area contributed by atoms with Gasteiger partial charge in [0, 0.05) is 18.0 Å². The Balaban J connectivity index is 2.15. The van der Waals surface area contributed by atoms with E-state index in [9.17, 15) is 10.4 Å². The Kier molecular flexibility index (Phi) is 3.23. The van der Waals surface area contributed by atoms with Gasteiger partial charge < -0.3 is 10.4 Å². The molecule has 0 amide bonds. The molecule has 1 aliphatic heterocycles. The third-order valence-corrected chi connectivity index (χ3v) is 3.86. The number of aromatic nitrogens is 1. The zero-order chi connectivity index (χ0) is 15.0. The van der Waals surface area contributed by atoms with Crippen LogP contribution in [0.2, 0.25) is 0 Å². The number of nitrogens with zero attached hydrogens (tertiary/aromatic N) is 3. The second-order valence-corrected chi connectivity index (χ2v) is 5.60. The Labute approximate surface area is 123 Å². The third kappa shape index (κ3) is 2.11. The van der Waals surface area contributed by atoms with E-state index in [1.165, 1.54) is 0 Å². The highest BCUT2D eigenvalue weighted by atomic mass is 16.5. The molecule has 1 aliphatic rings. The summed E-state index contributed by atoms with van der Waals surface area (Å²) in [5.74, 6) is 0. The van der Waals surface area contributed by atoms with Crippen LogP contribution in [0.1, 0.15) is 31.1 Å². The first-order chi connectivity index (χ1) is 10.0. The first-order valence-corrected chi connectivity index (χ1v) is 6.81. The van der Waals surface area contributed by atoms with Crippen molar-refractivity contribution in [2.75, 3.05) is 0 Å². The molecule has 0 spiro atoms. The highest BCUT2D eigenvalue weighted by Gasteiger charge is 2.52. The van der Waals surface area contributed by atoms with E-state index >= 15 is 0 Å².